The van der Waals surface area contributed by atoms with Crippen LogP contribution >= 0.6 is 0 Å². The number of amides is 1. The third-order valence-corrected chi connectivity index (χ3v) is 3.83. The Morgan fingerprint density at radius 1 is 1.36 bits per heavy atom. The summed E-state index contributed by atoms with van der Waals surface area (Å²) < 4.78 is 7.54. The predicted molar refractivity (Wildman–Crippen MR) is 87.1 cm³/mol. The number of pyridine rings is 1. The molecule has 1 amide bonds. The van der Waals surface area contributed by atoms with Gasteiger partial charge in [-0.1, -0.05) is 13.8 Å². The summed E-state index contributed by atoms with van der Waals surface area (Å²) in [5, 5.41) is 3.00. The van der Waals surface area contributed by atoms with Crippen molar-refractivity contribution < 1.29 is 9.53 Å². The van der Waals surface area contributed by atoms with Gasteiger partial charge in [0.25, 0.3) is 0 Å². The molecule has 0 aromatic carbocycles. The van der Waals surface area contributed by atoms with Crippen molar-refractivity contribution in [3.05, 3.63) is 30.2 Å². The molecule has 22 heavy (non-hydrogen) atoms. The molecular weight excluding hydrogens is 278 g/mol. The van der Waals surface area contributed by atoms with Gasteiger partial charge in [0.2, 0.25) is 5.91 Å². The molecule has 0 unspecified atom stereocenters. The molecule has 0 aliphatic rings. The zero-order valence-corrected chi connectivity index (χ0v) is 13.6. The van der Waals surface area contributed by atoms with Gasteiger partial charge in [0.05, 0.1) is 12.3 Å². The number of aromatic nitrogens is 2. The fourth-order valence-corrected chi connectivity index (χ4v) is 2.54. The van der Waals surface area contributed by atoms with Crippen molar-refractivity contribution in [2.24, 2.45) is 5.92 Å². The van der Waals surface area contributed by atoms with Gasteiger partial charge in [-0.25, -0.2) is 4.98 Å². The van der Waals surface area contributed by atoms with E-state index in [1.807, 2.05) is 49.7 Å². The van der Waals surface area contributed by atoms with Crippen LogP contribution in [0, 0.1) is 5.92 Å². The topological polar surface area (TPSA) is 55.6 Å². The average Bonchev–Trinajstić information content (AvgIpc) is 2.93. The Morgan fingerprint density at radius 2 is 2.14 bits per heavy atom. The summed E-state index contributed by atoms with van der Waals surface area (Å²) in [6.07, 6.45) is 6.43. The maximum absolute atomic E-state index is 12.0. The van der Waals surface area contributed by atoms with Gasteiger partial charge in [-0.3, -0.25) is 4.79 Å². The first-order valence-electron chi connectivity index (χ1n) is 8.06. The standard InChI is InChI=1S/C17H25N3O2/c1-4-13(5-2)17(21)18-10-9-14-12-20-11-7-8-15(22-6-3)16(20)19-14/h7-8,11-13H,4-6,9-10H2,1-3H3,(H,18,21). The Hall–Kier alpha value is -2.04. The Kier molecular flexibility index (Phi) is 5.81. The molecule has 0 aliphatic carbocycles. The van der Waals surface area contributed by atoms with Gasteiger partial charge in [0.15, 0.2) is 11.4 Å². The van der Waals surface area contributed by atoms with Gasteiger partial charge >= 0.3 is 0 Å². The molecule has 1 N–H and O–H groups in total. The third kappa shape index (κ3) is 3.78. The lowest BCUT2D eigenvalue weighted by Crippen LogP contribution is -2.31. The monoisotopic (exact) mass is 303 g/mol. The molecule has 0 bridgehead atoms. The molecule has 0 saturated heterocycles. The number of hydrogen-bond donors (Lipinski definition) is 1. The highest BCUT2D eigenvalue weighted by atomic mass is 16.5. The van der Waals surface area contributed by atoms with Crippen LogP contribution in [-0.2, 0) is 11.2 Å². The molecule has 0 radical (unpaired) electrons. The number of fused-ring (bicyclic) bond motifs is 1. The van der Waals surface area contributed by atoms with Crippen molar-refractivity contribution in [1.82, 2.24) is 14.7 Å². The van der Waals surface area contributed by atoms with Crippen LogP contribution in [0.5, 0.6) is 5.75 Å². The fraction of sp³-hybridized carbons (Fsp3) is 0.529. The van der Waals surface area contributed by atoms with E-state index < -0.39 is 0 Å². The Labute approximate surface area is 131 Å². The first-order chi connectivity index (χ1) is 10.7. The highest BCUT2D eigenvalue weighted by Crippen LogP contribution is 2.19. The first-order valence-corrected chi connectivity index (χ1v) is 8.06. The quantitative estimate of drug-likeness (QED) is 0.816. The maximum atomic E-state index is 12.0. The molecular formula is C17H25N3O2. The number of imidazole rings is 1. The summed E-state index contributed by atoms with van der Waals surface area (Å²) in [7, 11) is 0. The van der Waals surface area contributed by atoms with Crippen LogP contribution in [0.25, 0.3) is 5.65 Å². The number of nitrogens with one attached hydrogen (secondary N) is 1. The fourth-order valence-electron chi connectivity index (χ4n) is 2.54. The second-order valence-electron chi connectivity index (χ2n) is 5.32. The normalized spacial score (nSPS) is 11.1. The molecule has 2 aromatic rings. The third-order valence-electron chi connectivity index (χ3n) is 3.83. The van der Waals surface area contributed by atoms with Gasteiger partial charge < -0.3 is 14.5 Å². The zero-order valence-electron chi connectivity index (χ0n) is 13.6. The molecule has 120 valence electrons. The summed E-state index contributed by atoms with van der Waals surface area (Å²) >= 11 is 0. The smallest absolute Gasteiger partial charge is 0.223 e. The van der Waals surface area contributed by atoms with Crippen LogP contribution in [0.3, 0.4) is 0 Å². The average molecular weight is 303 g/mol. The lowest BCUT2D eigenvalue weighted by atomic mass is 10.0. The zero-order chi connectivity index (χ0) is 15.9. The van der Waals surface area contributed by atoms with E-state index in [-0.39, 0.29) is 11.8 Å². The number of ether oxygens (including phenoxy) is 1. The Morgan fingerprint density at radius 3 is 2.82 bits per heavy atom. The molecule has 0 spiro atoms. The highest BCUT2D eigenvalue weighted by Gasteiger charge is 2.13. The largest absolute Gasteiger partial charge is 0.490 e. The van der Waals surface area contributed by atoms with Crippen molar-refractivity contribution in [3.8, 4) is 5.75 Å². The first kappa shape index (κ1) is 16.3. The van der Waals surface area contributed by atoms with E-state index in [0.29, 0.717) is 13.2 Å². The number of carbonyl (C=O) groups is 1. The van der Waals surface area contributed by atoms with Gasteiger partial charge in [-0.05, 0) is 31.9 Å². The number of nitrogens with zero attached hydrogens (tertiary/aromatic N) is 2. The van der Waals surface area contributed by atoms with E-state index in [1.54, 1.807) is 0 Å². The summed E-state index contributed by atoms with van der Waals surface area (Å²) in [6.45, 7) is 7.29. The van der Waals surface area contributed by atoms with Crippen LogP contribution in [-0.4, -0.2) is 28.4 Å². The van der Waals surface area contributed by atoms with Crippen molar-refractivity contribution in [1.29, 1.82) is 0 Å². The summed E-state index contributed by atoms with van der Waals surface area (Å²) in [5.74, 6) is 1.05. The van der Waals surface area contributed by atoms with Gasteiger partial charge in [-0.15, -0.1) is 0 Å². The van der Waals surface area contributed by atoms with Crippen molar-refractivity contribution in [3.63, 3.8) is 0 Å². The second kappa shape index (κ2) is 7.82. The van der Waals surface area contributed by atoms with Crippen molar-refractivity contribution in [2.75, 3.05) is 13.2 Å². The van der Waals surface area contributed by atoms with E-state index in [9.17, 15) is 4.79 Å². The summed E-state index contributed by atoms with van der Waals surface area (Å²) in [4.78, 5) is 16.6. The van der Waals surface area contributed by atoms with Crippen molar-refractivity contribution in [2.45, 2.75) is 40.0 Å². The molecule has 0 atom stereocenters. The van der Waals surface area contributed by atoms with E-state index in [4.69, 9.17) is 4.74 Å². The van der Waals surface area contributed by atoms with Crippen LogP contribution in [0.2, 0.25) is 0 Å². The molecule has 2 heterocycles. The highest BCUT2D eigenvalue weighted by molar-refractivity contribution is 5.78. The summed E-state index contributed by atoms with van der Waals surface area (Å²) in [6, 6.07) is 3.86. The van der Waals surface area contributed by atoms with Crippen LogP contribution in [0.1, 0.15) is 39.3 Å². The van der Waals surface area contributed by atoms with Crippen molar-refractivity contribution >= 4 is 11.6 Å². The maximum Gasteiger partial charge on any atom is 0.223 e. The predicted octanol–water partition coefficient (Wildman–Crippen LogP) is 2.83. The molecule has 0 saturated carbocycles. The van der Waals surface area contributed by atoms with E-state index in [2.05, 4.69) is 10.3 Å². The lowest BCUT2D eigenvalue weighted by molar-refractivity contribution is -0.125. The lowest BCUT2D eigenvalue weighted by Gasteiger charge is -2.11. The molecule has 0 fully saturated rings. The van der Waals surface area contributed by atoms with Crippen LogP contribution in [0.4, 0.5) is 0 Å². The SMILES string of the molecule is CCOc1cccn2cc(CCNC(=O)C(CC)CC)nc12. The van der Waals surface area contributed by atoms with Gasteiger partial charge in [0, 0.05) is 31.3 Å². The molecule has 5 heteroatoms. The Balaban J connectivity index is 1.98. The number of rotatable bonds is 8. The van der Waals surface area contributed by atoms with E-state index in [0.717, 1.165) is 36.4 Å². The van der Waals surface area contributed by atoms with E-state index in [1.165, 1.54) is 0 Å². The molecule has 0 aliphatic heterocycles. The summed E-state index contributed by atoms with van der Waals surface area (Å²) in [5.41, 5.74) is 1.78. The van der Waals surface area contributed by atoms with Crippen LogP contribution in [0.15, 0.2) is 24.5 Å². The minimum Gasteiger partial charge on any atom is -0.490 e. The van der Waals surface area contributed by atoms with Gasteiger partial charge in [-0.2, -0.15) is 0 Å². The minimum absolute atomic E-state index is 0.116. The molecule has 2 rings (SSSR count). The van der Waals surface area contributed by atoms with Gasteiger partial charge in [0.1, 0.15) is 0 Å². The minimum atomic E-state index is 0.116. The Bertz CT molecular complexity index is 617. The van der Waals surface area contributed by atoms with Crippen LogP contribution < -0.4 is 10.1 Å². The number of carbonyl (C=O) groups excluding carboxylic acids is 1. The molecule has 2 aromatic heterocycles. The van der Waals surface area contributed by atoms with E-state index >= 15 is 0 Å². The second-order valence-corrected chi connectivity index (χ2v) is 5.32. The number of hydrogen-bond acceptors (Lipinski definition) is 3. The molecule has 5 nitrogen and oxygen atoms in total.